The zero-order valence-corrected chi connectivity index (χ0v) is 17.8. The van der Waals surface area contributed by atoms with Crippen molar-refractivity contribution in [3.05, 3.63) is 64.5 Å². The van der Waals surface area contributed by atoms with Crippen LogP contribution in [0.25, 0.3) is 0 Å². The fourth-order valence-corrected chi connectivity index (χ4v) is 2.94. The smallest absolute Gasteiger partial charge is 0.260 e. The van der Waals surface area contributed by atoms with E-state index in [4.69, 9.17) is 0 Å². The van der Waals surface area contributed by atoms with E-state index in [1.54, 1.807) is 6.07 Å². The molecular weight excluding hydrogens is 364 g/mol. The first kappa shape index (κ1) is 22.3. The molecule has 0 aliphatic rings. The first-order chi connectivity index (χ1) is 13.9. The monoisotopic (exact) mass is 394 g/mol. The minimum Gasteiger partial charge on any atom is -0.366 e. The van der Waals surface area contributed by atoms with Gasteiger partial charge >= 0.3 is 0 Å². The van der Waals surface area contributed by atoms with Gasteiger partial charge in [0.2, 0.25) is 6.41 Å². The highest BCUT2D eigenvalue weighted by Crippen LogP contribution is 2.11. The number of unbranched alkanes of at least 4 members (excludes halogenated alkanes) is 1. The number of benzene rings is 1. The van der Waals surface area contributed by atoms with Crippen molar-refractivity contribution < 1.29 is 9.59 Å². The Balaban J connectivity index is 1.74. The molecular formula is C23H30N4O2. The average molecular weight is 395 g/mol. The highest BCUT2D eigenvalue weighted by molar-refractivity contribution is 6.00. The van der Waals surface area contributed by atoms with E-state index in [0.29, 0.717) is 25.1 Å². The van der Waals surface area contributed by atoms with Gasteiger partial charge in [0.05, 0.1) is 12.9 Å². The predicted molar refractivity (Wildman–Crippen MR) is 116 cm³/mol. The van der Waals surface area contributed by atoms with E-state index in [9.17, 15) is 9.59 Å². The highest BCUT2D eigenvalue weighted by atomic mass is 16.2. The third-order valence-corrected chi connectivity index (χ3v) is 4.87. The molecule has 1 aromatic heterocycles. The normalized spacial score (nSPS) is 10.9. The van der Waals surface area contributed by atoms with E-state index in [1.165, 1.54) is 10.5 Å². The van der Waals surface area contributed by atoms with Gasteiger partial charge in [-0.2, -0.15) is 0 Å². The summed E-state index contributed by atoms with van der Waals surface area (Å²) in [5.74, 6) is -0.241. The summed E-state index contributed by atoms with van der Waals surface area (Å²) in [6, 6.07) is 9.43. The van der Waals surface area contributed by atoms with Crippen LogP contribution in [0.2, 0.25) is 0 Å². The van der Waals surface area contributed by atoms with Crippen molar-refractivity contribution >= 4 is 18.7 Å². The summed E-state index contributed by atoms with van der Waals surface area (Å²) in [5.41, 5.74) is 4.75. The van der Waals surface area contributed by atoms with Crippen LogP contribution in [-0.4, -0.2) is 53.6 Å². The lowest BCUT2D eigenvalue weighted by Crippen LogP contribution is -2.31. The van der Waals surface area contributed by atoms with E-state index in [-0.39, 0.29) is 5.91 Å². The standard InChI is InChI=1S/C23H30N4O2/c1-18-9-5-6-10-22(18)23(29)27(17-28)12-8-7-11-26(4)16-24-14-21-13-19(2)20(3)25-15-21/h5-6,9-10,13,15-17H,7-8,11-12,14H2,1-4H3. The van der Waals surface area contributed by atoms with Gasteiger partial charge in [0.25, 0.3) is 5.91 Å². The molecule has 0 saturated heterocycles. The van der Waals surface area contributed by atoms with E-state index >= 15 is 0 Å². The molecule has 2 amide bonds. The number of hydrogen-bond acceptors (Lipinski definition) is 4. The van der Waals surface area contributed by atoms with Gasteiger partial charge in [0.15, 0.2) is 0 Å². The molecule has 154 valence electrons. The first-order valence-corrected chi connectivity index (χ1v) is 9.86. The second-order valence-corrected chi connectivity index (χ2v) is 7.31. The number of pyridine rings is 1. The van der Waals surface area contributed by atoms with Crippen LogP contribution in [0.15, 0.2) is 41.5 Å². The van der Waals surface area contributed by atoms with Crippen LogP contribution in [0.5, 0.6) is 0 Å². The summed E-state index contributed by atoms with van der Waals surface area (Å²) in [6.45, 7) is 7.74. The van der Waals surface area contributed by atoms with Crippen molar-refractivity contribution in [3.8, 4) is 0 Å². The molecule has 29 heavy (non-hydrogen) atoms. The van der Waals surface area contributed by atoms with Crippen LogP contribution in [0.4, 0.5) is 0 Å². The van der Waals surface area contributed by atoms with E-state index in [1.807, 2.05) is 63.5 Å². The quantitative estimate of drug-likeness (QED) is 0.268. The average Bonchev–Trinajstić information content (AvgIpc) is 2.70. The zero-order valence-electron chi connectivity index (χ0n) is 17.8. The summed E-state index contributed by atoms with van der Waals surface area (Å²) in [5, 5.41) is 0. The van der Waals surface area contributed by atoms with Crippen LogP contribution in [-0.2, 0) is 11.3 Å². The molecule has 0 spiro atoms. The van der Waals surface area contributed by atoms with Crippen LogP contribution in [0.1, 0.15) is 45.6 Å². The van der Waals surface area contributed by atoms with Crippen molar-refractivity contribution in [3.63, 3.8) is 0 Å². The molecule has 0 saturated carbocycles. The number of rotatable bonds is 10. The topological polar surface area (TPSA) is 65.9 Å². The second kappa shape index (κ2) is 11.1. The van der Waals surface area contributed by atoms with Crippen molar-refractivity contribution in [2.75, 3.05) is 20.1 Å². The van der Waals surface area contributed by atoms with Crippen molar-refractivity contribution in [2.45, 2.75) is 40.2 Å². The Bertz CT molecular complexity index is 864. The molecule has 2 rings (SSSR count). The largest absolute Gasteiger partial charge is 0.366 e. The van der Waals surface area contributed by atoms with Gasteiger partial charge in [0, 0.05) is 37.6 Å². The molecule has 6 heteroatoms. The van der Waals surface area contributed by atoms with Crippen molar-refractivity contribution in [1.82, 2.24) is 14.8 Å². The molecule has 0 N–H and O–H groups in total. The third kappa shape index (κ3) is 6.82. The number of imide groups is 1. The first-order valence-electron chi connectivity index (χ1n) is 9.86. The minimum absolute atomic E-state index is 0.241. The Hall–Kier alpha value is -3.02. The van der Waals surface area contributed by atoms with Crippen molar-refractivity contribution in [1.29, 1.82) is 0 Å². The Morgan fingerprint density at radius 1 is 1.10 bits per heavy atom. The summed E-state index contributed by atoms with van der Waals surface area (Å²) in [4.78, 5) is 35.9. The Morgan fingerprint density at radius 2 is 1.83 bits per heavy atom. The molecule has 1 heterocycles. The molecule has 0 aliphatic heterocycles. The predicted octanol–water partition coefficient (Wildman–Crippen LogP) is 3.55. The SMILES string of the molecule is Cc1ccccc1C(=O)N(C=O)CCCCN(C)C=NCc1cnc(C)c(C)c1. The maximum absolute atomic E-state index is 12.5. The Kier molecular flexibility index (Phi) is 8.52. The fraction of sp³-hybridized carbons (Fsp3) is 0.391. The number of hydrogen-bond donors (Lipinski definition) is 0. The Morgan fingerprint density at radius 3 is 2.52 bits per heavy atom. The summed E-state index contributed by atoms with van der Waals surface area (Å²) < 4.78 is 0. The Labute approximate surface area is 173 Å². The van der Waals surface area contributed by atoms with Gasteiger partial charge in [0.1, 0.15) is 0 Å². The molecule has 0 fully saturated rings. The van der Waals surface area contributed by atoms with Crippen molar-refractivity contribution in [2.24, 2.45) is 4.99 Å². The van der Waals surface area contributed by atoms with Crippen LogP contribution in [0, 0.1) is 20.8 Å². The number of amides is 2. The van der Waals surface area contributed by atoms with E-state index in [2.05, 4.69) is 16.0 Å². The fourth-order valence-electron chi connectivity index (χ4n) is 2.94. The number of nitrogens with zero attached hydrogens (tertiary/aromatic N) is 4. The van der Waals surface area contributed by atoms with Gasteiger partial charge in [-0.3, -0.25) is 24.5 Å². The third-order valence-electron chi connectivity index (χ3n) is 4.87. The molecule has 2 aromatic rings. The molecule has 1 aromatic carbocycles. The lowest BCUT2D eigenvalue weighted by Gasteiger charge is -2.18. The molecule has 0 atom stereocenters. The van der Waals surface area contributed by atoms with Gasteiger partial charge in [-0.15, -0.1) is 0 Å². The number of aliphatic imine (C=N–C) groups is 1. The van der Waals surface area contributed by atoms with Crippen LogP contribution < -0.4 is 0 Å². The molecule has 0 aliphatic carbocycles. The maximum Gasteiger partial charge on any atom is 0.260 e. The summed E-state index contributed by atoms with van der Waals surface area (Å²) in [6.07, 6.45) is 5.91. The maximum atomic E-state index is 12.5. The van der Waals surface area contributed by atoms with Crippen LogP contribution in [0.3, 0.4) is 0 Å². The highest BCUT2D eigenvalue weighted by Gasteiger charge is 2.16. The number of carbonyl (C=O) groups is 2. The second-order valence-electron chi connectivity index (χ2n) is 7.31. The lowest BCUT2D eigenvalue weighted by atomic mass is 10.1. The van der Waals surface area contributed by atoms with Crippen LogP contribution >= 0.6 is 0 Å². The summed E-state index contributed by atoms with van der Waals surface area (Å²) in [7, 11) is 1.97. The van der Waals surface area contributed by atoms with Gasteiger partial charge in [-0.1, -0.05) is 24.3 Å². The molecule has 0 unspecified atom stereocenters. The zero-order chi connectivity index (χ0) is 21.2. The minimum atomic E-state index is -0.241. The number of aryl methyl sites for hydroxylation is 3. The molecule has 6 nitrogen and oxygen atoms in total. The summed E-state index contributed by atoms with van der Waals surface area (Å²) >= 11 is 0. The van der Waals surface area contributed by atoms with E-state index < -0.39 is 0 Å². The van der Waals surface area contributed by atoms with Gasteiger partial charge < -0.3 is 4.90 Å². The number of aromatic nitrogens is 1. The van der Waals surface area contributed by atoms with Gasteiger partial charge in [-0.25, -0.2) is 0 Å². The molecule has 0 bridgehead atoms. The van der Waals surface area contributed by atoms with E-state index in [0.717, 1.165) is 36.2 Å². The number of carbonyl (C=O) groups excluding carboxylic acids is 2. The van der Waals surface area contributed by atoms with Gasteiger partial charge in [-0.05, 0) is 56.4 Å². The lowest BCUT2D eigenvalue weighted by molar-refractivity contribution is -0.116. The molecule has 0 radical (unpaired) electrons.